The molecule has 2 N–H and O–H groups in total. The van der Waals surface area contributed by atoms with Crippen molar-refractivity contribution in [3.8, 4) is 34.0 Å². The number of halogens is 2. The van der Waals surface area contributed by atoms with Gasteiger partial charge in [0, 0.05) is 30.1 Å². The summed E-state index contributed by atoms with van der Waals surface area (Å²) in [5.41, 5.74) is 7.98. The molecule has 40 heavy (non-hydrogen) atoms. The van der Waals surface area contributed by atoms with Gasteiger partial charge in [-0.05, 0) is 86.3 Å². The summed E-state index contributed by atoms with van der Waals surface area (Å²) in [6.07, 6.45) is 10.5. The maximum Gasteiger partial charge on any atom is 0.202 e. The lowest BCUT2D eigenvalue weighted by molar-refractivity contribution is 0.268. The molecular weight excluding hydrogens is 516 g/mol. The molecule has 5 rings (SSSR count). The number of anilines is 1. The summed E-state index contributed by atoms with van der Waals surface area (Å²) in [6, 6.07) is 4.55. The van der Waals surface area contributed by atoms with E-state index in [0.717, 1.165) is 61.3 Å². The number of benzene rings is 1. The van der Waals surface area contributed by atoms with Crippen LogP contribution in [0.15, 0.2) is 36.8 Å². The zero-order valence-electron chi connectivity index (χ0n) is 22.9. The van der Waals surface area contributed by atoms with Crippen molar-refractivity contribution in [1.29, 1.82) is 0 Å². The number of aryl methyl sites for hydroxylation is 1. The molecule has 0 spiro atoms. The Morgan fingerprint density at radius 2 is 1.85 bits per heavy atom. The summed E-state index contributed by atoms with van der Waals surface area (Å²) >= 11 is 0. The third-order valence-corrected chi connectivity index (χ3v) is 7.11. The van der Waals surface area contributed by atoms with Crippen LogP contribution in [0.2, 0.25) is 0 Å². The van der Waals surface area contributed by atoms with Crippen molar-refractivity contribution < 1.29 is 13.5 Å². The first-order chi connectivity index (χ1) is 19.4. The second-order valence-corrected chi connectivity index (χ2v) is 10.6. The Balaban J connectivity index is 1.32. The van der Waals surface area contributed by atoms with E-state index >= 15 is 4.39 Å². The van der Waals surface area contributed by atoms with E-state index < -0.39 is 11.6 Å². The standard InChI is InChI=1S/C28H35F2N9O/c1-19(2)9-13-38-18-21(17-33-38)20-15-22(27(31)32-16-20)28-34-35-36-39(28)23-7-8-24(26(30)25(23)29)40-14-6-5-12-37-10-3-4-11-37/h7-8,15-19H,3-6,9-14H2,1-2H3,(H2,31,32). The van der Waals surface area contributed by atoms with E-state index in [9.17, 15) is 4.39 Å². The molecule has 1 fully saturated rings. The average molecular weight is 552 g/mol. The number of likely N-dealkylation sites (tertiary alicyclic amines) is 1. The maximum atomic E-state index is 15.2. The Morgan fingerprint density at radius 1 is 1.02 bits per heavy atom. The molecule has 0 amide bonds. The second kappa shape index (κ2) is 12.5. The van der Waals surface area contributed by atoms with Gasteiger partial charge in [-0.25, -0.2) is 9.37 Å². The molecule has 0 atom stereocenters. The molecule has 0 saturated carbocycles. The van der Waals surface area contributed by atoms with E-state index in [-0.39, 0.29) is 23.1 Å². The van der Waals surface area contributed by atoms with Gasteiger partial charge in [0.15, 0.2) is 17.4 Å². The van der Waals surface area contributed by atoms with Crippen LogP contribution in [-0.2, 0) is 6.54 Å². The number of pyridine rings is 1. The van der Waals surface area contributed by atoms with Crippen LogP contribution < -0.4 is 10.5 Å². The highest BCUT2D eigenvalue weighted by atomic mass is 19.2. The Morgan fingerprint density at radius 3 is 2.65 bits per heavy atom. The highest BCUT2D eigenvalue weighted by Gasteiger charge is 2.22. The van der Waals surface area contributed by atoms with Crippen molar-refractivity contribution >= 4 is 5.82 Å². The fraction of sp³-hybridized carbons (Fsp3) is 0.464. The third-order valence-electron chi connectivity index (χ3n) is 7.11. The molecule has 12 heteroatoms. The number of ether oxygens (including phenoxy) is 1. The molecule has 0 radical (unpaired) electrons. The van der Waals surface area contributed by atoms with Gasteiger partial charge in [0.05, 0.1) is 18.4 Å². The Bertz CT molecular complexity index is 1430. The minimum atomic E-state index is -1.11. The monoisotopic (exact) mass is 551 g/mol. The van der Waals surface area contributed by atoms with Gasteiger partial charge in [-0.1, -0.05) is 13.8 Å². The van der Waals surface area contributed by atoms with Gasteiger partial charge in [-0.15, -0.1) is 5.10 Å². The Kier molecular flexibility index (Phi) is 8.63. The first-order valence-electron chi connectivity index (χ1n) is 13.8. The van der Waals surface area contributed by atoms with Crippen molar-refractivity contribution in [2.45, 2.75) is 52.5 Å². The number of nitrogens with two attached hydrogens (primary N) is 1. The maximum absolute atomic E-state index is 15.2. The van der Waals surface area contributed by atoms with E-state index in [1.807, 2.05) is 10.9 Å². The lowest BCUT2D eigenvalue weighted by Gasteiger charge is -2.14. The molecule has 1 aliphatic heterocycles. The second-order valence-electron chi connectivity index (χ2n) is 10.6. The molecule has 1 aromatic carbocycles. The SMILES string of the molecule is CC(C)CCn1cc(-c2cnc(N)c(-c3nnnn3-c3ccc(OCCCCN4CCCC4)c(F)c3F)c2)cn1. The van der Waals surface area contributed by atoms with Crippen LogP contribution in [0.1, 0.15) is 46.0 Å². The molecule has 4 heterocycles. The van der Waals surface area contributed by atoms with E-state index in [1.165, 1.54) is 25.0 Å². The largest absolute Gasteiger partial charge is 0.490 e. The number of aromatic nitrogens is 7. The van der Waals surface area contributed by atoms with Crippen LogP contribution in [0.3, 0.4) is 0 Å². The van der Waals surface area contributed by atoms with Crippen LogP contribution in [0, 0.1) is 17.6 Å². The van der Waals surface area contributed by atoms with E-state index in [1.54, 1.807) is 18.5 Å². The average Bonchev–Trinajstić information content (AvgIpc) is 3.72. The summed E-state index contributed by atoms with van der Waals surface area (Å²) in [4.78, 5) is 6.71. The highest BCUT2D eigenvalue weighted by molar-refractivity contribution is 5.76. The van der Waals surface area contributed by atoms with Crippen molar-refractivity contribution in [1.82, 2.24) is 39.9 Å². The number of nitrogens with zero attached hydrogens (tertiary/aromatic N) is 8. The number of unbranched alkanes of at least 4 members (excludes halogenated alkanes) is 1. The summed E-state index contributed by atoms with van der Waals surface area (Å²) in [5, 5.41) is 16.1. The minimum absolute atomic E-state index is 0.132. The Labute approximate surface area is 232 Å². The van der Waals surface area contributed by atoms with Crippen LogP contribution >= 0.6 is 0 Å². The van der Waals surface area contributed by atoms with Gasteiger partial charge in [-0.2, -0.15) is 14.2 Å². The number of hydrogen-bond acceptors (Lipinski definition) is 8. The van der Waals surface area contributed by atoms with E-state index in [0.29, 0.717) is 18.1 Å². The highest BCUT2D eigenvalue weighted by Crippen LogP contribution is 2.31. The number of tetrazole rings is 1. The molecule has 4 aromatic rings. The normalized spacial score (nSPS) is 13.9. The summed E-state index contributed by atoms with van der Waals surface area (Å²) in [7, 11) is 0. The number of hydrogen-bond donors (Lipinski definition) is 1. The quantitative estimate of drug-likeness (QED) is 0.251. The van der Waals surface area contributed by atoms with Crippen LogP contribution in [0.25, 0.3) is 28.2 Å². The zero-order valence-corrected chi connectivity index (χ0v) is 22.9. The minimum Gasteiger partial charge on any atom is -0.490 e. The Hall–Kier alpha value is -3.93. The topological polar surface area (TPSA) is 113 Å². The van der Waals surface area contributed by atoms with Crippen LogP contribution in [-0.4, -0.2) is 66.1 Å². The predicted molar refractivity (Wildman–Crippen MR) is 148 cm³/mol. The van der Waals surface area contributed by atoms with Crippen LogP contribution in [0.4, 0.5) is 14.6 Å². The van der Waals surface area contributed by atoms with Gasteiger partial charge >= 0.3 is 0 Å². The third kappa shape index (κ3) is 6.27. The molecule has 0 unspecified atom stereocenters. The van der Waals surface area contributed by atoms with Gasteiger partial charge < -0.3 is 15.4 Å². The first kappa shape index (κ1) is 27.6. The molecule has 1 aliphatic rings. The molecule has 212 valence electrons. The molecular formula is C28H35F2N9O. The predicted octanol–water partition coefficient (Wildman–Crippen LogP) is 4.75. The van der Waals surface area contributed by atoms with Gasteiger partial charge in [0.1, 0.15) is 11.5 Å². The molecule has 3 aromatic heterocycles. The molecule has 0 aliphatic carbocycles. The molecule has 10 nitrogen and oxygen atoms in total. The van der Waals surface area contributed by atoms with Gasteiger partial charge in [-0.3, -0.25) is 4.68 Å². The van der Waals surface area contributed by atoms with E-state index in [2.05, 4.69) is 44.4 Å². The van der Waals surface area contributed by atoms with Crippen molar-refractivity contribution in [2.24, 2.45) is 5.92 Å². The van der Waals surface area contributed by atoms with Gasteiger partial charge in [0.25, 0.3) is 0 Å². The lowest BCUT2D eigenvalue weighted by atomic mass is 10.1. The fourth-order valence-electron chi connectivity index (χ4n) is 4.78. The van der Waals surface area contributed by atoms with E-state index in [4.69, 9.17) is 10.5 Å². The zero-order chi connectivity index (χ0) is 28.1. The molecule has 0 bridgehead atoms. The van der Waals surface area contributed by atoms with Crippen molar-refractivity contribution in [2.75, 3.05) is 32.0 Å². The molecule has 1 saturated heterocycles. The summed E-state index contributed by atoms with van der Waals surface area (Å²) < 4.78 is 38.8. The lowest BCUT2D eigenvalue weighted by Crippen LogP contribution is -2.20. The van der Waals surface area contributed by atoms with Crippen LogP contribution in [0.5, 0.6) is 5.75 Å². The number of nitrogen functional groups attached to an aromatic ring is 1. The van der Waals surface area contributed by atoms with Gasteiger partial charge in [0.2, 0.25) is 5.82 Å². The van der Waals surface area contributed by atoms with Crippen molar-refractivity contribution in [3.05, 3.63) is 48.4 Å². The smallest absolute Gasteiger partial charge is 0.202 e. The van der Waals surface area contributed by atoms with Crippen molar-refractivity contribution in [3.63, 3.8) is 0 Å². The summed E-state index contributed by atoms with van der Waals surface area (Å²) in [5.74, 6) is -1.50. The summed E-state index contributed by atoms with van der Waals surface area (Å²) in [6.45, 7) is 8.71. The first-order valence-corrected chi connectivity index (χ1v) is 13.8. The number of rotatable bonds is 12. The fourth-order valence-corrected chi connectivity index (χ4v) is 4.78.